The summed E-state index contributed by atoms with van der Waals surface area (Å²) in [6.45, 7) is 0. The zero-order chi connectivity index (χ0) is 19.5. The monoisotopic (exact) mass is 382 g/mol. The van der Waals surface area contributed by atoms with Gasteiger partial charge >= 0.3 is 5.69 Å². The Kier molecular flexibility index (Phi) is 3.72. The Hall–Kier alpha value is -2.90. The van der Waals surface area contributed by atoms with Crippen LogP contribution in [0.5, 0.6) is 5.75 Å². The summed E-state index contributed by atoms with van der Waals surface area (Å²) >= 11 is 0. The van der Waals surface area contributed by atoms with Crippen LogP contribution >= 0.6 is 0 Å². The lowest BCUT2D eigenvalue weighted by atomic mass is 9.53. The molecule has 0 spiro atoms. The highest BCUT2D eigenvalue weighted by Crippen LogP contribution is 2.58. The lowest BCUT2D eigenvalue weighted by Crippen LogP contribution is -2.52. The van der Waals surface area contributed by atoms with Gasteiger partial charge in [-0.25, -0.2) is 0 Å². The molecule has 6 rings (SSSR count). The Labute approximate surface area is 161 Å². The van der Waals surface area contributed by atoms with Gasteiger partial charge in [0.15, 0.2) is 0 Å². The molecule has 1 amide bonds. The van der Waals surface area contributed by atoms with Crippen LogP contribution in [0.4, 0.5) is 11.4 Å². The van der Waals surface area contributed by atoms with E-state index in [1.807, 2.05) is 0 Å². The number of nitrogens with one attached hydrogen (secondary N) is 1. The van der Waals surface area contributed by atoms with Crippen LogP contribution in [0.25, 0.3) is 0 Å². The molecule has 0 radical (unpaired) electrons. The van der Waals surface area contributed by atoms with Gasteiger partial charge in [-0.1, -0.05) is 12.1 Å². The van der Waals surface area contributed by atoms with Gasteiger partial charge in [0.1, 0.15) is 11.9 Å². The SMILES string of the molecule is O=C(Nc1ccccc1O)c1nn(C23CC4CC(CC(C4)C2)C3)cc1[N+](=O)[O-]. The van der Waals surface area contributed by atoms with Crippen molar-refractivity contribution in [3.8, 4) is 5.75 Å². The number of carbonyl (C=O) groups is 1. The summed E-state index contributed by atoms with van der Waals surface area (Å²) in [5.41, 5.74) is -0.494. The van der Waals surface area contributed by atoms with E-state index < -0.39 is 10.8 Å². The predicted molar refractivity (Wildman–Crippen MR) is 101 cm³/mol. The predicted octanol–water partition coefficient (Wildman–Crippen LogP) is 3.67. The Balaban J connectivity index is 1.50. The maximum Gasteiger partial charge on any atom is 0.320 e. The highest BCUT2D eigenvalue weighted by atomic mass is 16.6. The Bertz CT molecular complexity index is 932. The molecule has 1 aromatic carbocycles. The first-order valence-corrected chi connectivity index (χ1v) is 9.77. The summed E-state index contributed by atoms with van der Waals surface area (Å²) in [7, 11) is 0. The molecule has 4 fully saturated rings. The van der Waals surface area contributed by atoms with Gasteiger partial charge in [-0.05, 0) is 68.4 Å². The van der Waals surface area contributed by atoms with Crippen molar-refractivity contribution in [3.63, 3.8) is 0 Å². The van der Waals surface area contributed by atoms with Gasteiger partial charge in [-0.3, -0.25) is 19.6 Å². The van der Waals surface area contributed by atoms with Gasteiger partial charge in [0.05, 0.1) is 16.1 Å². The molecule has 4 saturated carbocycles. The van der Waals surface area contributed by atoms with Crippen LogP contribution in [0.2, 0.25) is 0 Å². The maximum atomic E-state index is 12.7. The summed E-state index contributed by atoms with van der Waals surface area (Å²) in [5, 5.41) is 28.4. The van der Waals surface area contributed by atoms with Crippen LogP contribution in [0.15, 0.2) is 30.5 Å². The fourth-order valence-electron chi connectivity index (χ4n) is 6.01. The van der Waals surface area contributed by atoms with Crippen molar-refractivity contribution < 1.29 is 14.8 Å². The Morgan fingerprint density at radius 1 is 1.18 bits per heavy atom. The number of carbonyl (C=O) groups excluding carboxylic acids is 1. The van der Waals surface area contributed by atoms with Gasteiger partial charge in [0.25, 0.3) is 5.91 Å². The van der Waals surface area contributed by atoms with E-state index in [0.29, 0.717) is 17.8 Å². The molecular weight excluding hydrogens is 360 g/mol. The number of amides is 1. The van der Waals surface area contributed by atoms with Gasteiger partial charge in [0.2, 0.25) is 5.69 Å². The van der Waals surface area contributed by atoms with Crippen molar-refractivity contribution in [1.82, 2.24) is 9.78 Å². The highest BCUT2D eigenvalue weighted by Gasteiger charge is 2.53. The molecular formula is C20H22N4O4. The van der Waals surface area contributed by atoms with E-state index in [4.69, 9.17) is 0 Å². The molecule has 0 aliphatic heterocycles. The van der Waals surface area contributed by atoms with Crippen molar-refractivity contribution >= 4 is 17.3 Å². The van der Waals surface area contributed by atoms with E-state index in [0.717, 1.165) is 19.3 Å². The quantitative estimate of drug-likeness (QED) is 0.476. The normalized spacial score (nSPS) is 30.4. The highest BCUT2D eigenvalue weighted by molar-refractivity contribution is 6.06. The zero-order valence-corrected chi connectivity index (χ0v) is 15.4. The van der Waals surface area contributed by atoms with E-state index in [1.165, 1.54) is 37.6 Å². The molecule has 0 saturated heterocycles. The number of hydrogen-bond acceptors (Lipinski definition) is 5. The van der Waals surface area contributed by atoms with Gasteiger partial charge in [-0.2, -0.15) is 5.10 Å². The largest absolute Gasteiger partial charge is 0.506 e. The number of aromatic nitrogens is 2. The first-order chi connectivity index (χ1) is 13.4. The van der Waals surface area contributed by atoms with E-state index in [2.05, 4.69) is 10.4 Å². The molecule has 0 unspecified atom stereocenters. The second-order valence-corrected chi connectivity index (χ2v) is 8.68. The van der Waals surface area contributed by atoms with Crippen molar-refractivity contribution in [2.75, 3.05) is 5.32 Å². The number of benzene rings is 1. The Morgan fingerprint density at radius 3 is 2.36 bits per heavy atom. The van der Waals surface area contributed by atoms with Crippen molar-refractivity contribution in [3.05, 3.63) is 46.3 Å². The fraction of sp³-hybridized carbons (Fsp3) is 0.500. The standard InChI is InChI=1S/C20H22N4O4/c25-17-4-2-1-3-15(17)21-19(26)18-16(24(27)28)11-23(22-18)20-8-12-5-13(9-20)7-14(6-12)10-20/h1-4,11-14,25H,5-10H2,(H,21,26). The molecule has 146 valence electrons. The minimum absolute atomic E-state index is 0.0981. The van der Waals surface area contributed by atoms with Gasteiger partial charge in [-0.15, -0.1) is 0 Å². The number of phenols is 1. The number of rotatable bonds is 4. The minimum atomic E-state index is -0.684. The number of aromatic hydroxyl groups is 1. The van der Waals surface area contributed by atoms with Crippen molar-refractivity contribution in [1.29, 1.82) is 0 Å². The smallest absolute Gasteiger partial charge is 0.320 e. The molecule has 8 heteroatoms. The number of nitro groups is 1. The second kappa shape index (κ2) is 6.05. The van der Waals surface area contributed by atoms with Crippen molar-refractivity contribution in [2.24, 2.45) is 17.8 Å². The van der Waals surface area contributed by atoms with Gasteiger partial charge < -0.3 is 10.4 Å². The molecule has 4 bridgehead atoms. The third kappa shape index (κ3) is 2.66. The van der Waals surface area contributed by atoms with E-state index >= 15 is 0 Å². The van der Waals surface area contributed by atoms with Crippen LogP contribution in [0.1, 0.15) is 49.0 Å². The van der Waals surface area contributed by atoms with E-state index in [9.17, 15) is 20.0 Å². The van der Waals surface area contributed by atoms with Crippen LogP contribution in [0.3, 0.4) is 0 Å². The average Bonchev–Trinajstić information content (AvgIpc) is 3.09. The van der Waals surface area contributed by atoms with Crippen LogP contribution < -0.4 is 5.32 Å². The zero-order valence-electron chi connectivity index (χ0n) is 15.4. The molecule has 1 heterocycles. The average molecular weight is 382 g/mol. The third-order valence-corrected chi connectivity index (χ3v) is 6.75. The molecule has 2 N–H and O–H groups in total. The molecule has 2 aromatic rings. The summed E-state index contributed by atoms with van der Waals surface area (Å²) in [6.07, 6.45) is 8.15. The summed E-state index contributed by atoms with van der Waals surface area (Å²) in [6, 6.07) is 6.28. The number of para-hydroxylation sites is 2. The van der Waals surface area contributed by atoms with Crippen LogP contribution in [-0.2, 0) is 5.54 Å². The number of nitrogens with zero attached hydrogens (tertiary/aromatic N) is 3. The molecule has 4 aliphatic carbocycles. The molecule has 1 aromatic heterocycles. The van der Waals surface area contributed by atoms with Crippen LogP contribution in [-0.4, -0.2) is 25.7 Å². The lowest BCUT2D eigenvalue weighted by Gasteiger charge is -2.56. The lowest BCUT2D eigenvalue weighted by molar-refractivity contribution is -0.385. The number of hydrogen-bond donors (Lipinski definition) is 2. The number of anilines is 1. The number of phenolic OH excluding ortho intramolecular Hbond substituents is 1. The first-order valence-electron chi connectivity index (χ1n) is 9.77. The van der Waals surface area contributed by atoms with Gasteiger partial charge in [0, 0.05) is 0 Å². The van der Waals surface area contributed by atoms with E-state index in [-0.39, 0.29) is 28.4 Å². The van der Waals surface area contributed by atoms with E-state index in [1.54, 1.807) is 16.8 Å². The minimum Gasteiger partial charge on any atom is -0.506 e. The molecule has 28 heavy (non-hydrogen) atoms. The van der Waals surface area contributed by atoms with Crippen molar-refractivity contribution in [2.45, 2.75) is 44.1 Å². The second-order valence-electron chi connectivity index (χ2n) is 8.68. The first kappa shape index (κ1) is 17.2. The summed E-state index contributed by atoms with van der Waals surface area (Å²) in [4.78, 5) is 23.8. The Morgan fingerprint density at radius 2 is 1.79 bits per heavy atom. The fourth-order valence-corrected chi connectivity index (χ4v) is 6.01. The molecule has 4 aliphatic rings. The summed E-state index contributed by atoms with van der Waals surface area (Å²) < 4.78 is 1.72. The maximum absolute atomic E-state index is 12.7. The van der Waals surface area contributed by atoms with Crippen LogP contribution in [0, 0.1) is 27.9 Å². The summed E-state index contributed by atoms with van der Waals surface area (Å²) in [5.74, 6) is 1.20. The molecule has 8 nitrogen and oxygen atoms in total. The molecule has 0 atom stereocenters. The topological polar surface area (TPSA) is 110 Å². The third-order valence-electron chi connectivity index (χ3n) is 6.75.